The van der Waals surface area contributed by atoms with Crippen LogP contribution in [0.15, 0.2) is 85.3 Å². The maximum atomic E-state index is 8.94. The third-order valence-electron chi connectivity index (χ3n) is 5.67. The van der Waals surface area contributed by atoms with Crippen LogP contribution in [0.3, 0.4) is 0 Å². The summed E-state index contributed by atoms with van der Waals surface area (Å²) in [4.78, 5) is 9.71. The van der Waals surface area contributed by atoms with E-state index in [1.807, 2.05) is 30.5 Å². The quantitative estimate of drug-likeness (QED) is 0.304. The molecule has 33 heavy (non-hydrogen) atoms. The highest BCUT2D eigenvalue weighted by Gasteiger charge is 2.15. The minimum atomic E-state index is 0.208. The van der Waals surface area contributed by atoms with Crippen molar-refractivity contribution in [3.05, 3.63) is 90.9 Å². The van der Waals surface area contributed by atoms with Gasteiger partial charge in [-0.15, -0.1) is 0 Å². The fourth-order valence-electron chi connectivity index (χ4n) is 3.98. The Morgan fingerprint density at radius 2 is 1.73 bits per heavy atom. The highest BCUT2D eigenvalue weighted by molar-refractivity contribution is 5.98. The summed E-state index contributed by atoms with van der Waals surface area (Å²) in [5.74, 6) is 0. The van der Waals surface area contributed by atoms with E-state index in [0.717, 1.165) is 64.1 Å². The summed E-state index contributed by atoms with van der Waals surface area (Å²) in [7, 11) is 0. The van der Waals surface area contributed by atoms with E-state index in [1.165, 1.54) is 5.56 Å². The molecule has 0 fully saturated rings. The Hall–Kier alpha value is -3.87. The average Bonchev–Trinajstić information content (AvgIpc) is 3.41. The first-order valence-electron chi connectivity index (χ1n) is 11.1. The topological polar surface area (TPSA) is 86.7 Å². The van der Waals surface area contributed by atoms with Gasteiger partial charge >= 0.3 is 0 Å². The lowest BCUT2D eigenvalue weighted by atomic mass is 9.96. The van der Waals surface area contributed by atoms with Gasteiger partial charge in [0.05, 0.1) is 23.1 Å². The minimum absolute atomic E-state index is 0.208. The van der Waals surface area contributed by atoms with Crippen molar-refractivity contribution in [1.29, 1.82) is 0 Å². The van der Waals surface area contributed by atoms with Crippen molar-refractivity contribution in [3.8, 4) is 33.6 Å². The van der Waals surface area contributed by atoms with Crippen LogP contribution in [-0.2, 0) is 6.54 Å². The number of fused-ring (bicyclic) bond motifs is 1. The van der Waals surface area contributed by atoms with Crippen LogP contribution in [0.1, 0.15) is 12.0 Å². The highest BCUT2D eigenvalue weighted by Crippen LogP contribution is 2.36. The summed E-state index contributed by atoms with van der Waals surface area (Å²) < 4.78 is 0. The van der Waals surface area contributed by atoms with Gasteiger partial charge in [0.1, 0.15) is 0 Å². The molecular weight excluding hydrogens is 410 g/mol. The number of aromatic amines is 1. The van der Waals surface area contributed by atoms with Gasteiger partial charge in [-0.1, -0.05) is 54.6 Å². The Morgan fingerprint density at radius 3 is 2.48 bits per heavy atom. The van der Waals surface area contributed by atoms with E-state index >= 15 is 0 Å². The molecule has 0 aliphatic heterocycles. The molecule has 6 nitrogen and oxygen atoms in total. The lowest BCUT2D eigenvalue weighted by molar-refractivity contribution is 0.286. The van der Waals surface area contributed by atoms with Gasteiger partial charge in [0.25, 0.3) is 0 Å². The van der Waals surface area contributed by atoms with Crippen LogP contribution in [-0.4, -0.2) is 38.4 Å². The molecule has 3 aromatic heterocycles. The molecule has 0 aliphatic rings. The van der Waals surface area contributed by atoms with E-state index in [9.17, 15) is 0 Å². The molecule has 2 aromatic carbocycles. The highest BCUT2D eigenvalue weighted by atomic mass is 16.3. The first-order chi connectivity index (χ1) is 16.3. The van der Waals surface area contributed by atoms with Crippen molar-refractivity contribution in [1.82, 2.24) is 25.5 Å². The Balaban J connectivity index is 1.59. The number of nitrogens with zero attached hydrogens (tertiary/aromatic N) is 3. The van der Waals surface area contributed by atoms with Crippen molar-refractivity contribution in [3.63, 3.8) is 0 Å². The summed E-state index contributed by atoms with van der Waals surface area (Å²) in [6.45, 7) is 1.78. The molecule has 5 rings (SSSR count). The molecule has 5 aromatic rings. The fraction of sp³-hybridized carbons (Fsp3) is 0.148. The lowest BCUT2D eigenvalue weighted by Gasteiger charge is -2.13. The van der Waals surface area contributed by atoms with Gasteiger partial charge in [-0.05, 0) is 36.2 Å². The number of aliphatic hydroxyl groups excluding tert-OH is 1. The lowest BCUT2D eigenvalue weighted by Crippen LogP contribution is -2.15. The molecule has 0 spiro atoms. The van der Waals surface area contributed by atoms with E-state index in [0.29, 0.717) is 0 Å². The zero-order valence-corrected chi connectivity index (χ0v) is 18.2. The standard InChI is InChI=1S/C27H25N5O/c33-14-4-12-28-16-19-7-9-21(10-8-19)27-23(20-5-2-1-3-6-20)15-24-25(32-27)11-13-29-26(24)22-17-30-31-18-22/h1-3,5-11,13,15,17-18,28,33H,4,12,14,16H2,(H,30,31). The number of hydrogen-bond donors (Lipinski definition) is 3. The molecule has 0 atom stereocenters. The maximum Gasteiger partial charge on any atom is 0.0827 e. The van der Waals surface area contributed by atoms with Crippen molar-refractivity contribution < 1.29 is 5.11 Å². The molecule has 3 heterocycles. The van der Waals surface area contributed by atoms with Crippen molar-refractivity contribution >= 4 is 10.9 Å². The summed E-state index contributed by atoms with van der Waals surface area (Å²) in [6.07, 6.45) is 6.19. The van der Waals surface area contributed by atoms with Gasteiger partial charge in [0.15, 0.2) is 0 Å². The Kier molecular flexibility index (Phi) is 6.19. The molecule has 164 valence electrons. The third kappa shape index (κ3) is 4.53. The van der Waals surface area contributed by atoms with Crippen LogP contribution in [0.25, 0.3) is 44.5 Å². The second-order valence-electron chi connectivity index (χ2n) is 7.91. The molecule has 0 bridgehead atoms. The molecule has 6 heteroatoms. The van der Waals surface area contributed by atoms with E-state index in [4.69, 9.17) is 10.1 Å². The van der Waals surface area contributed by atoms with Crippen molar-refractivity contribution in [2.24, 2.45) is 0 Å². The van der Waals surface area contributed by atoms with E-state index in [-0.39, 0.29) is 6.61 Å². The van der Waals surface area contributed by atoms with Gasteiger partial charge in [-0.25, -0.2) is 4.98 Å². The van der Waals surface area contributed by atoms with E-state index < -0.39 is 0 Å². The van der Waals surface area contributed by atoms with Gasteiger partial charge in [-0.3, -0.25) is 10.1 Å². The SMILES string of the molecule is OCCCNCc1ccc(-c2nc3ccnc(-c4cn[nH]c4)c3cc2-c2ccccc2)cc1. The van der Waals surface area contributed by atoms with Crippen LogP contribution >= 0.6 is 0 Å². The van der Waals surface area contributed by atoms with Gasteiger partial charge in [0.2, 0.25) is 0 Å². The zero-order chi connectivity index (χ0) is 22.5. The van der Waals surface area contributed by atoms with E-state index in [1.54, 1.807) is 12.4 Å². The Morgan fingerprint density at radius 1 is 0.879 bits per heavy atom. The Bertz CT molecular complexity index is 1330. The summed E-state index contributed by atoms with van der Waals surface area (Å²) in [5, 5.41) is 20.2. The van der Waals surface area contributed by atoms with E-state index in [2.05, 4.69) is 63.0 Å². The molecule has 0 saturated carbocycles. The minimum Gasteiger partial charge on any atom is -0.396 e. The van der Waals surface area contributed by atoms with Crippen molar-refractivity contribution in [2.75, 3.05) is 13.2 Å². The van der Waals surface area contributed by atoms with Gasteiger partial charge in [0, 0.05) is 47.6 Å². The Labute approximate surface area is 192 Å². The number of hydrogen-bond acceptors (Lipinski definition) is 5. The maximum absolute atomic E-state index is 8.94. The molecule has 0 aliphatic carbocycles. The average molecular weight is 436 g/mol. The van der Waals surface area contributed by atoms with Crippen LogP contribution in [0.2, 0.25) is 0 Å². The summed E-state index contributed by atoms with van der Waals surface area (Å²) >= 11 is 0. The molecule has 0 amide bonds. The first-order valence-corrected chi connectivity index (χ1v) is 11.1. The fourth-order valence-corrected chi connectivity index (χ4v) is 3.98. The normalized spacial score (nSPS) is 11.2. The van der Waals surface area contributed by atoms with Crippen LogP contribution in [0, 0.1) is 0 Å². The van der Waals surface area contributed by atoms with Crippen LogP contribution < -0.4 is 5.32 Å². The number of H-pyrrole nitrogens is 1. The van der Waals surface area contributed by atoms with Gasteiger partial charge in [-0.2, -0.15) is 5.10 Å². The van der Waals surface area contributed by atoms with Gasteiger partial charge < -0.3 is 10.4 Å². The zero-order valence-electron chi connectivity index (χ0n) is 18.2. The predicted molar refractivity (Wildman–Crippen MR) is 131 cm³/mol. The number of pyridine rings is 2. The number of aliphatic hydroxyl groups is 1. The second-order valence-corrected chi connectivity index (χ2v) is 7.91. The number of rotatable bonds is 8. The second kappa shape index (κ2) is 9.73. The largest absolute Gasteiger partial charge is 0.396 e. The van der Waals surface area contributed by atoms with Crippen LogP contribution in [0.4, 0.5) is 0 Å². The molecule has 0 radical (unpaired) electrons. The number of benzene rings is 2. The summed E-state index contributed by atoms with van der Waals surface area (Å²) in [6, 6.07) is 23.0. The predicted octanol–water partition coefficient (Wildman–Crippen LogP) is 4.83. The number of aromatic nitrogens is 4. The van der Waals surface area contributed by atoms with Crippen molar-refractivity contribution in [2.45, 2.75) is 13.0 Å². The number of nitrogens with one attached hydrogen (secondary N) is 2. The smallest absolute Gasteiger partial charge is 0.0827 e. The molecular formula is C27H25N5O. The molecule has 0 unspecified atom stereocenters. The molecule has 0 saturated heterocycles. The third-order valence-corrected chi connectivity index (χ3v) is 5.67. The molecule has 3 N–H and O–H groups in total. The first kappa shape index (κ1) is 21.0. The monoisotopic (exact) mass is 435 g/mol. The summed E-state index contributed by atoms with van der Waals surface area (Å²) in [5.41, 5.74) is 8.08. The van der Waals surface area contributed by atoms with Crippen LogP contribution in [0.5, 0.6) is 0 Å².